The van der Waals surface area contributed by atoms with Gasteiger partial charge >= 0.3 is 6.09 Å². The number of anilines is 1. The molecule has 1 aromatic carbocycles. The molecule has 3 rings (SSSR count). The molecule has 7 nitrogen and oxygen atoms in total. The van der Waals surface area contributed by atoms with Crippen molar-refractivity contribution in [1.29, 1.82) is 0 Å². The normalized spacial score (nSPS) is 17.4. The van der Waals surface area contributed by atoms with Gasteiger partial charge in [-0.05, 0) is 65.2 Å². The van der Waals surface area contributed by atoms with Crippen molar-refractivity contribution in [3.8, 4) is 0 Å². The summed E-state index contributed by atoms with van der Waals surface area (Å²) in [7, 11) is -3.71. The van der Waals surface area contributed by atoms with Gasteiger partial charge < -0.3 is 4.74 Å². The Hall–Kier alpha value is -2.45. The summed E-state index contributed by atoms with van der Waals surface area (Å²) in [6.45, 7) is 10.4. The predicted molar refractivity (Wildman–Crippen MR) is 134 cm³/mol. The minimum atomic E-state index is -3.71. The number of ether oxygens (including phenoxy) is 1. The van der Waals surface area contributed by atoms with Crippen LogP contribution in [-0.4, -0.2) is 42.5 Å². The molecule has 0 aliphatic carbocycles. The molecule has 0 spiro atoms. The van der Waals surface area contributed by atoms with Crippen LogP contribution in [0.25, 0.3) is 0 Å². The van der Waals surface area contributed by atoms with E-state index in [4.69, 9.17) is 4.74 Å². The lowest BCUT2D eigenvalue weighted by Crippen LogP contribution is -2.41. The number of piperidine rings is 1. The lowest BCUT2D eigenvalue weighted by molar-refractivity contribution is 0.0578. The monoisotopic (exact) mass is 487 g/mol. The van der Waals surface area contributed by atoms with Crippen LogP contribution in [0.5, 0.6) is 0 Å². The van der Waals surface area contributed by atoms with E-state index in [2.05, 4.69) is 11.9 Å². The lowest BCUT2D eigenvalue weighted by Gasteiger charge is -2.37. The molecular weight excluding hydrogens is 450 g/mol. The van der Waals surface area contributed by atoms with Crippen molar-refractivity contribution in [2.75, 3.05) is 18.0 Å². The van der Waals surface area contributed by atoms with Crippen LogP contribution < -0.4 is 4.90 Å². The Morgan fingerprint density at radius 1 is 1.18 bits per heavy atom. The van der Waals surface area contributed by atoms with E-state index in [-0.39, 0.29) is 4.90 Å². The first kappa shape index (κ1) is 26.2. The Balaban J connectivity index is 2.04. The van der Waals surface area contributed by atoms with E-state index in [0.29, 0.717) is 25.3 Å². The number of aryl methyl sites for hydroxylation is 1. The topological polar surface area (TPSA) is 79.8 Å². The second-order valence-corrected chi connectivity index (χ2v) is 11.7. The van der Waals surface area contributed by atoms with Crippen molar-refractivity contribution in [3.05, 3.63) is 53.7 Å². The van der Waals surface area contributed by atoms with Crippen LogP contribution in [0.2, 0.25) is 0 Å². The summed E-state index contributed by atoms with van der Waals surface area (Å²) >= 11 is 0. The van der Waals surface area contributed by atoms with E-state index < -0.39 is 27.8 Å². The van der Waals surface area contributed by atoms with E-state index in [9.17, 15) is 13.2 Å². The van der Waals surface area contributed by atoms with Crippen LogP contribution in [0.15, 0.2) is 47.5 Å². The number of carbonyl (C=O) groups excluding carboxylic acids is 1. The number of hydrogen-bond acceptors (Lipinski definition) is 5. The number of rotatable bonds is 7. The highest BCUT2D eigenvalue weighted by Gasteiger charge is 2.37. The Morgan fingerprint density at radius 3 is 2.53 bits per heavy atom. The summed E-state index contributed by atoms with van der Waals surface area (Å²) in [4.78, 5) is 19.6. The zero-order chi connectivity index (χ0) is 24.9. The smallest absolute Gasteiger partial charge is 0.416 e. The maximum absolute atomic E-state index is 13.7. The van der Waals surface area contributed by atoms with E-state index in [1.165, 1.54) is 0 Å². The quantitative estimate of drug-likeness (QED) is 0.490. The average molecular weight is 488 g/mol. The van der Waals surface area contributed by atoms with Crippen LogP contribution in [0.3, 0.4) is 0 Å². The van der Waals surface area contributed by atoms with Crippen molar-refractivity contribution in [2.24, 2.45) is 0 Å². The van der Waals surface area contributed by atoms with Gasteiger partial charge in [0.25, 0.3) is 0 Å². The van der Waals surface area contributed by atoms with E-state index in [0.717, 1.165) is 36.8 Å². The Morgan fingerprint density at radius 2 is 1.88 bits per heavy atom. The average Bonchev–Trinajstić information content (AvgIpc) is 2.79. The molecule has 186 valence electrons. The molecule has 1 unspecified atom stereocenters. The number of amides is 1. The maximum atomic E-state index is 13.7. The second kappa shape index (κ2) is 10.9. The van der Waals surface area contributed by atoms with Gasteiger partial charge in [-0.25, -0.2) is 18.2 Å². The van der Waals surface area contributed by atoms with Crippen molar-refractivity contribution >= 4 is 21.9 Å². The van der Waals surface area contributed by atoms with Gasteiger partial charge in [0.05, 0.1) is 10.9 Å². The van der Waals surface area contributed by atoms with Crippen LogP contribution in [0, 0.1) is 6.92 Å². The number of sulfonamides is 1. The summed E-state index contributed by atoms with van der Waals surface area (Å²) in [5.74, 6) is 0.473. The molecule has 2 heterocycles. The molecule has 1 amide bonds. The fraction of sp³-hybridized carbons (Fsp3) is 0.538. The molecule has 8 heteroatoms. The van der Waals surface area contributed by atoms with Crippen molar-refractivity contribution < 1.29 is 17.9 Å². The summed E-state index contributed by atoms with van der Waals surface area (Å²) in [5.41, 5.74) is 1.09. The van der Waals surface area contributed by atoms with Crippen molar-refractivity contribution in [1.82, 2.24) is 9.29 Å². The molecule has 1 aliphatic rings. The third-order valence-corrected chi connectivity index (χ3v) is 7.78. The van der Waals surface area contributed by atoms with Crippen LogP contribution in [0.1, 0.15) is 77.0 Å². The Kier molecular flexibility index (Phi) is 8.36. The van der Waals surface area contributed by atoms with Gasteiger partial charge in [0.15, 0.2) is 0 Å². The van der Waals surface area contributed by atoms with E-state index >= 15 is 0 Å². The number of unbranched alkanes of at least 4 members (excludes halogenated alkanes) is 1. The summed E-state index contributed by atoms with van der Waals surface area (Å²) in [5, 5.41) is 0. The molecule has 34 heavy (non-hydrogen) atoms. The molecule has 1 saturated heterocycles. The first-order valence-electron chi connectivity index (χ1n) is 12.1. The summed E-state index contributed by atoms with van der Waals surface area (Å²) in [6, 6.07) is 10.2. The number of carbonyl (C=O) groups is 1. The summed E-state index contributed by atoms with van der Waals surface area (Å²) < 4.78 is 34.6. The number of hydrogen-bond donors (Lipinski definition) is 0. The van der Waals surface area contributed by atoms with E-state index in [1.807, 2.05) is 45.9 Å². The van der Waals surface area contributed by atoms with E-state index in [1.54, 1.807) is 33.6 Å². The highest BCUT2D eigenvalue weighted by atomic mass is 32.2. The molecule has 1 aliphatic heterocycles. The van der Waals surface area contributed by atoms with Gasteiger partial charge in [-0.2, -0.15) is 4.31 Å². The standard InChI is InChI=1S/C26H37N3O4S/c1-6-7-18-28(25(30)33-26(3,4)5)24-22(11-10-17-27-24)23-12-8-9-19-29(23)34(31,32)21-15-13-20(2)14-16-21/h10-11,13-17,23H,6-9,12,18-19H2,1-5H3. The Labute approximate surface area is 204 Å². The van der Waals surface area contributed by atoms with Crippen molar-refractivity contribution in [2.45, 2.75) is 83.3 Å². The molecule has 0 bridgehead atoms. The molecule has 2 aromatic rings. The third kappa shape index (κ3) is 6.16. The first-order chi connectivity index (χ1) is 16.0. The zero-order valence-electron chi connectivity index (χ0n) is 21.0. The molecule has 0 saturated carbocycles. The SMILES string of the molecule is CCCCN(C(=O)OC(C)(C)C)c1ncccc1C1CCCCN1S(=O)(=O)c1ccc(C)cc1. The molecule has 1 fully saturated rings. The number of benzene rings is 1. The second-order valence-electron chi connectivity index (χ2n) is 9.84. The zero-order valence-corrected chi connectivity index (χ0v) is 21.8. The fourth-order valence-electron chi connectivity index (χ4n) is 4.16. The number of aromatic nitrogens is 1. The Bertz CT molecular complexity index is 1080. The predicted octanol–water partition coefficient (Wildman–Crippen LogP) is 5.85. The summed E-state index contributed by atoms with van der Waals surface area (Å²) in [6.07, 6.45) is 5.22. The van der Waals surface area contributed by atoms with Gasteiger partial charge in [-0.3, -0.25) is 4.90 Å². The van der Waals surface area contributed by atoms with Gasteiger partial charge in [0.1, 0.15) is 11.4 Å². The molecule has 1 aromatic heterocycles. The molecule has 0 N–H and O–H groups in total. The number of nitrogens with zero attached hydrogens (tertiary/aromatic N) is 3. The van der Waals surface area contributed by atoms with Gasteiger partial charge in [0, 0.05) is 24.8 Å². The minimum Gasteiger partial charge on any atom is -0.443 e. The minimum absolute atomic E-state index is 0.283. The first-order valence-corrected chi connectivity index (χ1v) is 13.5. The highest BCUT2D eigenvalue weighted by Crippen LogP contribution is 2.39. The van der Waals surface area contributed by atoms with Crippen LogP contribution in [-0.2, 0) is 14.8 Å². The molecule has 0 radical (unpaired) electrons. The molecular formula is C26H37N3O4S. The largest absolute Gasteiger partial charge is 0.443 e. The number of pyridine rings is 1. The van der Waals surface area contributed by atoms with Gasteiger partial charge in [0.2, 0.25) is 10.0 Å². The van der Waals surface area contributed by atoms with Gasteiger partial charge in [-0.1, -0.05) is 43.5 Å². The van der Waals surface area contributed by atoms with Crippen LogP contribution in [0.4, 0.5) is 10.6 Å². The van der Waals surface area contributed by atoms with Crippen LogP contribution >= 0.6 is 0 Å². The third-order valence-electron chi connectivity index (χ3n) is 5.86. The van der Waals surface area contributed by atoms with Crippen molar-refractivity contribution in [3.63, 3.8) is 0 Å². The fourth-order valence-corrected chi connectivity index (χ4v) is 5.84. The highest BCUT2D eigenvalue weighted by molar-refractivity contribution is 7.89. The maximum Gasteiger partial charge on any atom is 0.416 e. The molecule has 1 atom stereocenters. The van der Waals surface area contributed by atoms with Gasteiger partial charge in [-0.15, -0.1) is 0 Å². The lowest BCUT2D eigenvalue weighted by atomic mass is 9.97.